The smallest absolute Gasteiger partial charge is 0.357 e. The fourth-order valence-electron chi connectivity index (χ4n) is 2.81. The summed E-state index contributed by atoms with van der Waals surface area (Å²) in [5, 5.41) is 0.729. The summed E-state index contributed by atoms with van der Waals surface area (Å²) in [4.78, 5) is 31.7. The maximum absolute atomic E-state index is 12.4. The van der Waals surface area contributed by atoms with Gasteiger partial charge in [0.15, 0.2) is 5.69 Å². The highest BCUT2D eigenvalue weighted by Gasteiger charge is 2.36. The minimum absolute atomic E-state index is 0.0419. The molecular weight excluding hydrogens is 348 g/mol. The third kappa shape index (κ3) is 4.12. The van der Waals surface area contributed by atoms with E-state index in [1.807, 2.05) is 58.0 Å². The Kier molecular flexibility index (Phi) is 6.18. The molecule has 0 radical (unpaired) electrons. The molecule has 0 aliphatic rings. The number of aromatic nitrogens is 1. The first-order valence-corrected chi connectivity index (χ1v) is 9.41. The Bertz CT molecular complexity index is 782. The molecular formula is C20H26N2O3S. The molecule has 0 aliphatic heterocycles. The molecule has 26 heavy (non-hydrogen) atoms. The molecule has 5 nitrogen and oxygen atoms in total. The summed E-state index contributed by atoms with van der Waals surface area (Å²) < 4.78 is 4.88. The van der Waals surface area contributed by atoms with E-state index >= 15 is 0 Å². The van der Waals surface area contributed by atoms with Crippen molar-refractivity contribution in [2.45, 2.75) is 52.6 Å². The number of nitrogens with zero attached hydrogens (tertiary/aromatic N) is 2. The van der Waals surface area contributed by atoms with Crippen molar-refractivity contribution < 1.29 is 14.3 Å². The second-order valence-electron chi connectivity index (χ2n) is 7.03. The van der Waals surface area contributed by atoms with Crippen LogP contribution in [0.4, 0.5) is 0 Å². The molecule has 6 heteroatoms. The van der Waals surface area contributed by atoms with Crippen LogP contribution >= 0.6 is 11.3 Å². The molecule has 0 bridgehead atoms. The Hall–Kier alpha value is -2.21. The third-order valence-corrected chi connectivity index (χ3v) is 5.99. The highest BCUT2D eigenvalue weighted by Crippen LogP contribution is 2.37. The quantitative estimate of drug-likeness (QED) is 0.706. The first-order chi connectivity index (χ1) is 12.2. The largest absolute Gasteiger partial charge is 0.464 e. The Balaban J connectivity index is 2.45. The van der Waals surface area contributed by atoms with Gasteiger partial charge in [-0.05, 0) is 25.3 Å². The average molecular weight is 375 g/mol. The molecule has 2 rings (SSSR count). The van der Waals surface area contributed by atoms with E-state index in [0.29, 0.717) is 12.2 Å². The van der Waals surface area contributed by atoms with Crippen molar-refractivity contribution in [1.29, 1.82) is 0 Å². The van der Waals surface area contributed by atoms with E-state index in [1.54, 1.807) is 11.8 Å². The fourth-order valence-corrected chi connectivity index (χ4v) is 3.98. The lowest BCUT2D eigenvalue weighted by molar-refractivity contribution is -0.135. The monoisotopic (exact) mass is 374 g/mol. The maximum Gasteiger partial charge on any atom is 0.357 e. The number of ether oxygens (including phenoxy) is 1. The van der Waals surface area contributed by atoms with E-state index in [9.17, 15) is 9.59 Å². The first kappa shape index (κ1) is 20.1. The summed E-state index contributed by atoms with van der Waals surface area (Å²) in [6.07, 6.45) is 0. The van der Waals surface area contributed by atoms with E-state index in [1.165, 1.54) is 18.4 Å². The summed E-state index contributed by atoms with van der Waals surface area (Å²) in [5.41, 5.74) is 0.741. The number of methoxy groups -OCH3 is 1. The Morgan fingerprint density at radius 1 is 1.23 bits per heavy atom. The van der Waals surface area contributed by atoms with Gasteiger partial charge in [0.05, 0.1) is 12.6 Å². The van der Waals surface area contributed by atoms with Gasteiger partial charge < -0.3 is 9.64 Å². The summed E-state index contributed by atoms with van der Waals surface area (Å²) in [6, 6.07) is 9.85. The van der Waals surface area contributed by atoms with Crippen LogP contribution in [0.15, 0.2) is 30.3 Å². The fraction of sp³-hybridized carbons (Fsp3) is 0.450. The molecule has 1 aromatic heterocycles. The molecule has 0 saturated carbocycles. The van der Waals surface area contributed by atoms with Crippen molar-refractivity contribution in [3.05, 3.63) is 51.5 Å². The molecule has 1 heterocycles. The Labute approximate surface area is 159 Å². The topological polar surface area (TPSA) is 59.5 Å². The lowest BCUT2D eigenvalue weighted by atomic mass is 10.0. The highest BCUT2D eigenvalue weighted by molar-refractivity contribution is 7.12. The number of hydrogen-bond acceptors (Lipinski definition) is 5. The van der Waals surface area contributed by atoms with Crippen LogP contribution in [-0.4, -0.2) is 28.9 Å². The number of carbonyl (C=O) groups is 2. The summed E-state index contributed by atoms with van der Waals surface area (Å²) >= 11 is 1.47. The van der Waals surface area contributed by atoms with Crippen LogP contribution < -0.4 is 0 Å². The van der Waals surface area contributed by atoms with Crippen molar-refractivity contribution >= 4 is 23.2 Å². The number of thiazole rings is 1. The summed E-state index contributed by atoms with van der Waals surface area (Å²) in [5.74, 6) is -0.338. The zero-order chi connectivity index (χ0) is 19.5. The van der Waals surface area contributed by atoms with Crippen molar-refractivity contribution in [1.82, 2.24) is 9.88 Å². The van der Waals surface area contributed by atoms with E-state index in [4.69, 9.17) is 4.74 Å². The molecule has 0 spiro atoms. The number of esters is 1. The number of rotatable bonds is 6. The standard InChI is InChI=1S/C20H26N2O3S/c1-13(2)17-16(18(24)25-6)21-19(26-17)20(4,5)22(14(3)23)12-15-10-8-7-9-11-15/h7-11,13H,12H2,1-6H3. The molecule has 0 saturated heterocycles. The lowest BCUT2D eigenvalue weighted by Crippen LogP contribution is -2.44. The van der Waals surface area contributed by atoms with Crippen molar-refractivity contribution in [3.8, 4) is 0 Å². The number of carbonyl (C=O) groups excluding carboxylic acids is 2. The van der Waals surface area contributed by atoms with Crippen LogP contribution in [0, 0.1) is 0 Å². The minimum Gasteiger partial charge on any atom is -0.464 e. The van der Waals surface area contributed by atoms with Crippen LogP contribution in [0.25, 0.3) is 0 Å². The highest BCUT2D eigenvalue weighted by atomic mass is 32.1. The number of benzene rings is 1. The third-order valence-electron chi connectivity index (χ3n) is 4.32. The Morgan fingerprint density at radius 2 is 1.85 bits per heavy atom. The minimum atomic E-state index is -0.651. The van der Waals surface area contributed by atoms with Crippen LogP contribution in [0.1, 0.15) is 66.5 Å². The van der Waals surface area contributed by atoms with E-state index in [2.05, 4.69) is 4.98 Å². The van der Waals surface area contributed by atoms with Crippen LogP contribution in [0.3, 0.4) is 0 Å². The Morgan fingerprint density at radius 3 is 2.35 bits per heavy atom. The predicted molar refractivity (Wildman–Crippen MR) is 103 cm³/mol. The molecule has 0 atom stereocenters. The van der Waals surface area contributed by atoms with Gasteiger partial charge in [-0.1, -0.05) is 44.2 Å². The van der Waals surface area contributed by atoms with E-state index < -0.39 is 11.5 Å². The zero-order valence-electron chi connectivity index (χ0n) is 16.2. The van der Waals surface area contributed by atoms with Gasteiger partial charge in [-0.2, -0.15) is 0 Å². The van der Waals surface area contributed by atoms with Gasteiger partial charge in [-0.25, -0.2) is 9.78 Å². The predicted octanol–water partition coefficient (Wildman–Crippen LogP) is 4.34. The van der Waals surface area contributed by atoms with Gasteiger partial charge in [0.1, 0.15) is 5.01 Å². The van der Waals surface area contributed by atoms with Gasteiger partial charge in [0.2, 0.25) is 5.91 Å². The van der Waals surface area contributed by atoms with Crippen LogP contribution in [0.5, 0.6) is 0 Å². The maximum atomic E-state index is 12.4. The zero-order valence-corrected chi connectivity index (χ0v) is 17.0. The normalized spacial score (nSPS) is 11.5. The van der Waals surface area contributed by atoms with E-state index in [0.717, 1.165) is 15.4 Å². The van der Waals surface area contributed by atoms with Gasteiger partial charge in [-0.15, -0.1) is 11.3 Å². The first-order valence-electron chi connectivity index (χ1n) is 8.60. The SMILES string of the molecule is COC(=O)c1nc(C(C)(C)N(Cc2ccccc2)C(C)=O)sc1C(C)C. The van der Waals surface area contributed by atoms with Gasteiger partial charge in [-0.3, -0.25) is 4.79 Å². The van der Waals surface area contributed by atoms with Gasteiger partial charge in [0.25, 0.3) is 0 Å². The van der Waals surface area contributed by atoms with Gasteiger partial charge in [0, 0.05) is 18.3 Å². The molecule has 1 aromatic carbocycles. The molecule has 0 unspecified atom stereocenters. The molecule has 0 aliphatic carbocycles. The second kappa shape index (κ2) is 7.99. The summed E-state index contributed by atoms with van der Waals surface area (Å²) in [6.45, 7) is 9.99. The molecule has 1 amide bonds. The lowest BCUT2D eigenvalue weighted by Gasteiger charge is -2.36. The van der Waals surface area contributed by atoms with E-state index in [-0.39, 0.29) is 11.8 Å². The molecule has 2 aromatic rings. The summed E-state index contributed by atoms with van der Waals surface area (Å²) in [7, 11) is 1.36. The van der Waals surface area contributed by atoms with Gasteiger partial charge >= 0.3 is 5.97 Å². The van der Waals surface area contributed by atoms with Crippen molar-refractivity contribution in [3.63, 3.8) is 0 Å². The van der Waals surface area contributed by atoms with Crippen LogP contribution in [0.2, 0.25) is 0 Å². The van der Waals surface area contributed by atoms with Crippen LogP contribution in [-0.2, 0) is 21.6 Å². The second-order valence-corrected chi connectivity index (χ2v) is 8.06. The molecule has 140 valence electrons. The number of hydrogen-bond donors (Lipinski definition) is 0. The average Bonchev–Trinajstić information content (AvgIpc) is 3.06. The van der Waals surface area contributed by atoms with Crippen molar-refractivity contribution in [2.24, 2.45) is 0 Å². The molecule has 0 N–H and O–H groups in total. The van der Waals surface area contributed by atoms with Crippen molar-refractivity contribution in [2.75, 3.05) is 7.11 Å². The number of amides is 1. The molecule has 0 fully saturated rings.